The molecule has 0 fully saturated rings. The molecule has 0 bridgehead atoms. The fraction of sp³-hybridized carbons (Fsp3) is 0.200. The molecule has 0 saturated carbocycles. The standard InChI is InChI=1S/C5H7N5O2S/c1-13(11,12)10-5-4(8-9-10)2-6-3-7-5/h2-3,8-9H,1H3. The Labute approximate surface area is 74.8 Å². The van der Waals surface area contributed by atoms with E-state index in [4.69, 9.17) is 0 Å². The van der Waals surface area contributed by atoms with Crippen molar-refractivity contribution >= 4 is 21.5 Å². The predicted octanol–water partition coefficient (Wildman–Crippen LogP) is -0.912. The number of hydrazine groups is 2. The Kier molecular flexibility index (Phi) is 1.60. The van der Waals surface area contributed by atoms with Gasteiger partial charge in [0.25, 0.3) is 0 Å². The minimum Gasteiger partial charge on any atom is -0.298 e. The number of hydrogen-bond acceptors (Lipinski definition) is 6. The van der Waals surface area contributed by atoms with Crippen LogP contribution in [0.25, 0.3) is 0 Å². The summed E-state index contributed by atoms with van der Waals surface area (Å²) >= 11 is 0. The van der Waals surface area contributed by atoms with Gasteiger partial charge >= 0.3 is 0 Å². The van der Waals surface area contributed by atoms with Crippen LogP contribution in [-0.2, 0) is 10.0 Å². The topological polar surface area (TPSA) is 87.2 Å². The Hall–Kier alpha value is -1.41. The third-order valence-electron chi connectivity index (χ3n) is 1.51. The van der Waals surface area contributed by atoms with Crippen LogP contribution in [0.4, 0.5) is 11.5 Å². The van der Waals surface area contributed by atoms with E-state index in [1.165, 1.54) is 12.5 Å². The van der Waals surface area contributed by atoms with Gasteiger partial charge in [-0.15, -0.1) is 5.53 Å². The highest BCUT2D eigenvalue weighted by atomic mass is 32.2. The molecule has 1 aromatic heterocycles. The van der Waals surface area contributed by atoms with Gasteiger partial charge in [0.2, 0.25) is 10.0 Å². The van der Waals surface area contributed by atoms with E-state index in [-0.39, 0.29) is 0 Å². The van der Waals surface area contributed by atoms with Crippen molar-refractivity contribution in [3.8, 4) is 0 Å². The molecule has 70 valence electrons. The highest BCUT2D eigenvalue weighted by Crippen LogP contribution is 2.25. The van der Waals surface area contributed by atoms with E-state index in [0.717, 1.165) is 10.7 Å². The van der Waals surface area contributed by atoms with Gasteiger partial charge in [-0.2, -0.15) is 4.41 Å². The van der Waals surface area contributed by atoms with E-state index in [0.29, 0.717) is 11.5 Å². The molecular formula is C5H7N5O2S. The van der Waals surface area contributed by atoms with Gasteiger partial charge in [0, 0.05) is 0 Å². The number of fused-ring (bicyclic) bond motifs is 1. The summed E-state index contributed by atoms with van der Waals surface area (Å²) in [5, 5.41) is 0. The van der Waals surface area contributed by atoms with Crippen molar-refractivity contribution in [1.82, 2.24) is 15.5 Å². The van der Waals surface area contributed by atoms with Crippen LogP contribution in [-0.4, -0.2) is 24.6 Å². The quantitative estimate of drug-likeness (QED) is 0.611. The molecule has 0 aromatic carbocycles. The first kappa shape index (κ1) is 8.20. The first-order chi connectivity index (χ1) is 6.09. The van der Waals surface area contributed by atoms with Gasteiger partial charge in [-0.1, -0.05) is 0 Å². The van der Waals surface area contributed by atoms with Crippen molar-refractivity contribution in [2.24, 2.45) is 0 Å². The third-order valence-corrected chi connectivity index (χ3v) is 2.43. The Morgan fingerprint density at radius 1 is 1.54 bits per heavy atom. The first-order valence-electron chi connectivity index (χ1n) is 3.41. The predicted molar refractivity (Wildman–Crippen MR) is 46.1 cm³/mol. The van der Waals surface area contributed by atoms with E-state index in [2.05, 4.69) is 20.9 Å². The molecule has 0 atom stereocenters. The summed E-state index contributed by atoms with van der Waals surface area (Å²) in [5.74, 6) is 0.303. The van der Waals surface area contributed by atoms with Gasteiger partial charge in [0.1, 0.15) is 12.0 Å². The summed E-state index contributed by atoms with van der Waals surface area (Å²) in [6, 6.07) is 0. The summed E-state index contributed by atoms with van der Waals surface area (Å²) in [6.07, 6.45) is 3.85. The number of nitrogens with zero attached hydrogens (tertiary/aromatic N) is 3. The lowest BCUT2D eigenvalue weighted by Crippen LogP contribution is -2.40. The molecule has 1 aliphatic rings. The molecule has 8 heteroatoms. The molecule has 1 aromatic rings. The number of hydrogen-bond donors (Lipinski definition) is 2. The van der Waals surface area contributed by atoms with Crippen molar-refractivity contribution in [3.05, 3.63) is 12.5 Å². The minimum atomic E-state index is -3.35. The SMILES string of the molecule is CS(=O)(=O)N1NNc2cncnc21. The van der Waals surface area contributed by atoms with Crippen molar-refractivity contribution in [2.75, 3.05) is 16.1 Å². The second kappa shape index (κ2) is 2.54. The van der Waals surface area contributed by atoms with Crippen LogP contribution in [0.1, 0.15) is 0 Å². The Morgan fingerprint density at radius 2 is 2.31 bits per heavy atom. The maximum absolute atomic E-state index is 11.2. The lowest BCUT2D eigenvalue weighted by molar-refractivity contribution is 0.592. The molecule has 13 heavy (non-hydrogen) atoms. The van der Waals surface area contributed by atoms with Crippen molar-refractivity contribution in [2.45, 2.75) is 0 Å². The van der Waals surface area contributed by atoms with Crippen LogP contribution >= 0.6 is 0 Å². The number of sulfonamides is 1. The summed E-state index contributed by atoms with van der Waals surface area (Å²) in [4.78, 5) is 7.56. The van der Waals surface area contributed by atoms with Gasteiger partial charge in [-0.05, 0) is 0 Å². The van der Waals surface area contributed by atoms with Gasteiger partial charge in [-0.3, -0.25) is 5.43 Å². The zero-order chi connectivity index (χ0) is 9.47. The largest absolute Gasteiger partial charge is 0.298 e. The van der Waals surface area contributed by atoms with Crippen LogP contribution in [0.5, 0.6) is 0 Å². The van der Waals surface area contributed by atoms with Crippen LogP contribution < -0.4 is 15.4 Å². The average Bonchev–Trinajstić information content (AvgIpc) is 2.45. The number of anilines is 2. The van der Waals surface area contributed by atoms with E-state index >= 15 is 0 Å². The Morgan fingerprint density at radius 3 is 3.00 bits per heavy atom. The molecule has 0 unspecified atom stereocenters. The maximum Gasteiger partial charge on any atom is 0.248 e. The summed E-state index contributed by atoms with van der Waals surface area (Å²) in [5.41, 5.74) is 5.62. The number of rotatable bonds is 1. The Balaban J connectivity index is 2.51. The van der Waals surface area contributed by atoms with E-state index in [1.807, 2.05) is 0 Å². The molecule has 0 aliphatic carbocycles. The molecule has 0 spiro atoms. The van der Waals surface area contributed by atoms with Gasteiger partial charge < -0.3 is 0 Å². The first-order valence-corrected chi connectivity index (χ1v) is 5.26. The molecule has 0 saturated heterocycles. The smallest absolute Gasteiger partial charge is 0.248 e. The van der Waals surface area contributed by atoms with Crippen molar-refractivity contribution in [1.29, 1.82) is 0 Å². The van der Waals surface area contributed by atoms with Crippen molar-refractivity contribution < 1.29 is 8.42 Å². The van der Waals surface area contributed by atoms with Gasteiger partial charge in [0.05, 0.1) is 12.5 Å². The molecule has 0 radical (unpaired) electrons. The molecule has 2 rings (SSSR count). The molecule has 7 nitrogen and oxygen atoms in total. The van der Waals surface area contributed by atoms with E-state index < -0.39 is 10.0 Å². The summed E-state index contributed by atoms with van der Waals surface area (Å²) in [7, 11) is -3.35. The molecular weight excluding hydrogens is 194 g/mol. The third kappa shape index (κ3) is 1.29. The zero-order valence-corrected chi connectivity index (χ0v) is 7.54. The summed E-state index contributed by atoms with van der Waals surface area (Å²) < 4.78 is 23.3. The second-order valence-corrected chi connectivity index (χ2v) is 4.36. The van der Waals surface area contributed by atoms with Crippen molar-refractivity contribution in [3.63, 3.8) is 0 Å². The molecule has 2 N–H and O–H groups in total. The van der Waals surface area contributed by atoms with Crippen LogP contribution in [0, 0.1) is 0 Å². The van der Waals surface area contributed by atoms with Crippen LogP contribution in [0.3, 0.4) is 0 Å². The van der Waals surface area contributed by atoms with Crippen LogP contribution in [0.15, 0.2) is 12.5 Å². The fourth-order valence-electron chi connectivity index (χ4n) is 0.977. The zero-order valence-electron chi connectivity index (χ0n) is 6.72. The monoisotopic (exact) mass is 201 g/mol. The lowest BCUT2D eigenvalue weighted by atomic mass is 10.5. The second-order valence-electron chi connectivity index (χ2n) is 2.52. The van der Waals surface area contributed by atoms with Gasteiger partial charge in [0.15, 0.2) is 5.82 Å². The maximum atomic E-state index is 11.2. The Bertz CT molecular complexity index is 430. The molecule has 0 amide bonds. The van der Waals surface area contributed by atoms with Crippen LogP contribution in [0.2, 0.25) is 0 Å². The fourth-order valence-corrected chi connectivity index (χ4v) is 1.65. The number of aromatic nitrogens is 2. The minimum absolute atomic E-state index is 0.303. The highest BCUT2D eigenvalue weighted by molar-refractivity contribution is 7.92. The molecule has 2 heterocycles. The number of nitrogens with one attached hydrogen (secondary N) is 2. The molecule has 1 aliphatic heterocycles. The lowest BCUT2D eigenvalue weighted by Gasteiger charge is -2.12. The van der Waals surface area contributed by atoms with Gasteiger partial charge in [-0.25, -0.2) is 18.4 Å². The normalized spacial score (nSPS) is 15.3. The van der Waals surface area contributed by atoms with E-state index in [1.54, 1.807) is 0 Å². The highest BCUT2D eigenvalue weighted by Gasteiger charge is 2.27. The average molecular weight is 201 g/mol. The van der Waals surface area contributed by atoms with E-state index in [9.17, 15) is 8.42 Å². The summed E-state index contributed by atoms with van der Waals surface area (Å²) in [6.45, 7) is 0.